The molecule has 2 N–H and O–H groups in total. The number of methoxy groups -OCH3 is 1. The molecule has 5 heteroatoms. The Morgan fingerprint density at radius 2 is 2.12 bits per heavy atom. The van der Waals surface area contributed by atoms with Crippen molar-refractivity contribution < 1.29 is 4.74 Å². The smallest absolute Gasteiger partial charge is 0.191 e. The van der Waals surface area contributed by atoms with Crippen molar-refractivity contribution in [3.05, 3.63) is 29.8 Å². The van der Waals surface area contributed by atoms with E-state index in [-0.39, 0.29) is 0 Å². The predicted octanol–water partition coefficient (Wildman–Crippen LogP) is 2.28. The topological polar surface area (TPSA) is 48.9 Å². The van der Waals surface area contributed by atoms with E-state index in [0.717, 1.165) is 44.3 Å². The van der Waals surface area contributed by atoms with E-state index < -0.39 is 0 Å². The number of rotatable bonds is 8. The first-order valence-corrected chi connectivity index (χ1v) is 9.16. The molecule has 1 atom stereocenters. The zero-order chi connectivity index (χ0) is 17.2. The first-order valence-electron chi connectivity index (χ1n) is 9.16. The number of likely N-dealkylation sites (N-methyl/N-ethyl adjacent to an activating group) is 1. The fourth-order valence-corrected chi connectivity index (χ4v) is 3.28. The second kappa shape index (κ2) is 10.2. The number of hydrogen-bond acceptors (Lipinski definition) is 3. The van der Waals surface area contributed by atoms with Gasteiger partial charge in [0.1, 0.15) is 5.75 Å². The van der Waals surface area contributed by atoms with E-state index in [1.165, 1.54) is 24.9 Å². The van der Waals surface area contributed by atoms with Gasteiger partial charge in [-0.25, -0.2) is 0 Å². The van der Waals surface area contributed by atoms with E-state index in [2.05, 4.69) is 41.5 Å². The molecular formula is C19H32N4O. The molecule has 0 aliphatic carbocycles. The number of para-hydroxylation sites is 1. The molecule has 1 fully saturated rings. The molecule has 1 saturated heterocycles. The third-order valence-corrected chi connectivity index (χ3v) is 4.59. The van der Waals surface area contributed by atoms with Gasteiger partial charge in [-0.2, -0.15) is 0 Å². The van der Waals surface area contributed by atoms with E-state index >= 15 is 0 Å². The highest BCUT2D eigenvalue weighted by atomic mass is 16.5. The fourth-order valence-electron chi connectivity index (χ4n) is 3.28. The monoisotopic (exact) mass is 332 g/mol. The Balaban J connectivity index is 1.85. The van der Waals surface area contributed by atoms with Crippen LogP contribution in [0.1, 0.15) is 32.3 Å². The van der Waals surface area contributed by atoms with Crippen LogP contribution in [0.4, 0.5) is 0 Å². The molecule has 1 aromatic carbocycles. The van der Waals surface area contributed by atoms with E-state index in [0.29, 0.717) is 6.04 Å². The fraction of sp³-hybridized carbons (Fsp3) is 0.632. The summed E-state index contributed by atoms with van der Waals surface area (Å²) in [6.07, 6.45) is 3.47. The predicted molar refractivity (Wildman–Crippen MR) is 101 cm³/mol. The van der Waals surface area contributed by atoms with Crippen LogP contribution in [-0.4, -0.2) is 56.7 Å². The summed E-state index contributed by atoms with van der Waals surface area (Å²) in [6.45, 7) is 9.27. The van der Waals surface area contributed by atoms with Crippen molar-refractivity contribution in [1.82, 2.24) is 15.5 Å². The molecule has 1 aromatic rings. The number of ether oxygens (including phenoxy) is 1. The molecule has 0 aromatic heterocycles. The summed E-state index contributed by atoms with van der Waals surface area (Å²) in [5, 5.41) is 6.79. The van der Waals surface area contributed by atoms with Crippen molar-refractivity contribution >= 4 is 5.96 Å². The third-order valence-electron chi connectivity index (χ3n) is 4.59. The first-order chi connectivity index (χ1) is 11.8. The maximum atomic E-state index is 5.41. The van der Waals surface area contributed by atoms with E-state index in [4.69, 9.17) is 9.73 Å². The average Bonchev–Trinajstić information content (AvgIpc) is 3.07. The third kappa shape index (κ3) is 5.41. The lowest BCUT2D eigenvalue weighted by atomic mass is 10.1. The molecule has 5 nitrogen and oxygen atoms in total. The van der Waals surface area contributed by atoms with Gasteiger partial charge in [0, 0.05) is 19.1 Å². The highest BCUT2D eigenvalue weighted by molar-refractivity contribution is 5.79. The standard InChI is InChI=1S/C19H32N4O/c1-4-20-19(22-15-17-10-8-14-23(17)5-2)21-13-12-16-9-6-7-11-18(16)24-3/h6-7,9,11,17H,4-5,8,10,12-15H2,1-3H3,(H2,20,21,22). The lowest BCUT2D eigenvalue weighted by Gasteiger charge is -2.21. The zero-order valence-corrected chi connectivity index (χ0v) is 15.3. The Bertz CT molecular complexity index is 518. The Morgan fingerprint density at radius 1 is 1.29 bits per heavy atom. The van der Waals surface area contributed by atoms with Crippen molar-refractivity contribution in [2.45, 2.75) is 39.2 Å². The minimum atomic E-state index is 0.597. The van der Waals surface area contributed by atoms with E-state index in [9.17, 15) is 0 Å². The SMILES string of the molecule is CCNC(=NCC1CCCN1CC)NCCc1ccccc1OC. The molecule has 1 heterocycles. The van der Waals surface area contributed by atoms with Gasteiger partial charge in [-0.3, -0.25) is 9.89 Å². The molecule has 24 heavy (non-hydrogen) atoms. The number of hydrogen-bond donors (Lipinski definition) is 2. The van der Waals surface area contributed by atoms with Gasteiger partial charge in [-0.05, 0) is 50.9 Å². The van der Waals surface area contributed by atoms with Crippen molar-refractivity contribution in [1.29, 1.82) is 0 Å². The number of guanidine groups is 1. The number of nitrogens with zero attached hydrogens (tertiary/aromatic N) is 2. The van der Waals surface area contributed by atoms with Crippen LogP contribution in [0.25, 0.3) is 0 Å². The van der Waals surface area contributed by atoms with Crippen LogP contribution >= 0.6 is 0 Å². The van der Waals surface area contributed by atoms with Crippen molar-refractivity contribution in [3.8, 4) is 5.75 Å². The van der Waals surface area contributed by atoms with Gasteiger partial charge in [0.2, 0.25) is 0 Å². The van der Waals surface area contributed by atoms with Crippen LogP contribution in [0.2, 0.25) is 0 Å². The molecule has 0 bridgehead atoms. The maximum absolute atomic E-state index is 5.41. The summed E-state index contributed by atoms with van der Waals surface area (Å²) >= 11 is 0. The summed E-state index contributed by atoms with van der Waals surface area (Å²) in [4.78, 5) is 7.32. The molecule has 1 aliphatic rings. The number of benzene rings is 1. The molecule has 1 aliphatic heterocycles. The minimum Gasteiger partial charge on any atom is -0.496 e. The van der Waals surface area contributed by atoms with E-state index in [1.807, 2.05) is 12.1 Å². The molecule has 0 spiro atoms. The Labute approximate surface area is 146 Å². The molecule has 0 amide bonds. The second-order valence-corrected chi connectivity index (χ2v) is 6.13. The molecule has 0 radical (unpaired) electrons. The van der Waals surface area contributed by atoms with Gasteiger partial charge in [0.25, 0.3) is 0 Å². The van der Waals surface area contributed by atoms with Crippen molar-refractivity contribution in [2.75, 3.05) is 39.8 Å². The van der Waals surface area contributed by atoms with Gasteiger partial charge in [-0.15, -0.1) is 0 Å². The van der Waals surface area contributed by atoms with Gasteiger partial charge < -0.3 is 15.4 Å². The lowest BCUT2D eigenvalue weighted by molar-refractivity contribution is 0.273. The van der Waals surface area contributed by atoms with Crippen LogP contribution in [0.15, 0.2) is 29.3 Å². The average molecular weight is 332 g/mol. The Kier molecular flexibility index (Phi) is 7.89. The van der Waals surface area contributed by atoms with Crippen molar-refractivity contribution in [3.63, 3.8) is 0 Å². The normalized spacial score (nSPS) is 18.6. The van der Waals surface area contributed by atoms with Gasteiger partial charge in [0.15, 0.2) is 5.96 Å². The number of likely N-dealkylation sites (tertiary alicyclic amines) is 1. The van der Waals surface area contributed by atoms with Crippen LogP contribution < -0.4 is 15.4 Å². The summed E-state index contributed by atoms with van der Waals surface area (Å²) < 4.78 is 5.41. The second-order valence-electron chi connectivity index (χ2n) is 6.13. The van der Waals surface area contributed by atoms with Crippen LogP contribution in [0, 0.1) is 0 Å². The highest BCUT2D eigenvalue weighted by Crippen LogP contribution is 2.17. The zero-order valence-electron chi connectivity index (χ0n) is 15.3. The summed E-state index contributed by atoms with van der Waals surface area (Å²) in [5.74, 6) is 1.86. The summed E-state index contributed by atoms with van der Waals surface area (Å²) in [5.41, 5.74) is 1.22. The maximum Gasteiger partial charge on any atom is 0.191 e. The Morgan fingerprint density at radius 3 is 2.88 bits per heavy atom. The summed E-state index contributed by atoms with van der Waals surface area (Å²) in [7, 11) is 1.72. The Hall–Kier alpha value is -1.75. The number of aliphatic imine (C=N–C) groups is 1. The molecular weight excluding hydrogens is 300 g/mol. The van der Waals surface area contributed by atoms with Crippen LogP contribution in [0.5, 0.6) is 5.75 Å². The van der Waals surface area contributed by atoms with E-state index in [1.54, 1.807) is 7.11 Å². The quantitative estimate of drug-likeness (QED) is 0.566. The van der Waals surface area contributed by atoms with Crippen molar-refractivity contribution in [2.24, 2.45) is 4.99 Å². The van der Waals surface area contributed by atoms with Gasteiger partial charge >= 0.3 is 0 Å². The highest BCUT2D eigenvalue weighted by Gasteiger charge is 2.22. The first kappa shape index (κ1) is 18.6. The molecule has 1 unspecified atom stereocenters. The molecule has 134 valence electrons. The lowest BCUT2D eigenvalue weighted by Crippen LogP contribution is -2.40. The number of nitrogens with one attached hydrogen (secondary N) is 2. The summed E-state index contributed by atoms with van der Waals surface area (Å²) in [6, 6.07) is 8.77. The minimum absolute atomic E-state index is 0.597. The van der Waals surface area contributed by atoms with Gasteiger partial charge in [-0.1, -0.05) is 25.1 Å². The van der Waals surface area contributed by atoms with Crippen LogP contribution in [-0.2, 0) is 6.42 Å². The molecule has 0 saturated carbocycles. The largest absolute Gasteiger partial charge is 0.496 e. The van der Waals surface area contributed by atoms with Crippen LogP contribution in [0.3, 0.4) is 0 Å². The molecule has 2 rings (SSSR count). The van der Waals surface area contributed by atoms with Gasteiger partial charge in [0.05, 0.1) is 13.7 Å².